The molecule has 0 heterocycles. The summed E-state index contributed by atoms with van der Waals surface area (Å²) in [6.07, 6.45) is -5.23. The predicted molar refractivity (Wildman–Crippen MR) is 45.8 cm³/mol. The van der Waals surface area contributed by atoms with E-state index in [0.717, 1.165) is 0 Å². The minimum Gasteiger partial charge on any atom is -0.246 e. The van der Waals surface area contributed by atoms with Gasteiger partial charge in [0.25, 0.3) is 0 Å². The molecule has 0 spiro atoms. The molecule has 78 valence electrons. The van der Waals surface area contributed by atoms with Crippen LogP contribution in [0, 0.1) is 6.92 Å². The van der Waals surface area contributed by atoms with Gasteiger partial charge < -0.3 is 0 Å². The van der Waals surface area contributed by atoms with Gasteiger partial charge in [0.05, 0.1) is 6.42 Å². The number of halogens is 4. The molecule has 0 saturated carbocycles. The number of rotatable bonds is 2. The van der Waals surface area contributed by atoms with Crippen LogP contribution in [0.1, 0.15) is 16.7 Å². The molecule has 0 nitrogen and oxygen atoms in total. The Balaban J connectivity index is 2.92. The Morgan fingerprint density at radius 1 is 1.07 bits per heavy atom. The van der Waals surface area contributed by atoms with Gasteiger partial charge in [-0.25, -0.2) is 4.39 Å². The van der Waals surface area contributed by atoms with E-state index in [0.29, 0.717) is 11.1 Å². The van der Waals surface area contributed by atoms with Gasteiger partial charge in [0, 0.05) is 0 Å². The van der Waals surface area contributed by atoms with Crippen molar-refractivity contribution in [1.82, 2.24) is 0 Å². The van der Waals surface area contributed by atoms with Crippen LogP contribution < -0.4 is 0 Å². The summed E-state index contributed by atoms with van der Waals surface area (Å²) in [6.45, 7) is 0.922. The highest BCUT2D eigenvalue weighted by Gasteiger charge is 2.27. The van der Waals surface area contributed by atoms with E-state index in [1.54, 1.807) is 13.0 Å². The summed E-state index contributed by atoms with van der Waals surface area (Å²) >= 11 is 0. The summed E-state index contributed by atoms with van der Waals surface area (Å²) in [5.41, 5.74) is 1.06. The molecule has 0 fully saturated rings. The highest BCUT2D eigenvalue weighted by molar-refractivity contribution is 5.29. The molecular formula is C10H10F4. The summed E-state index contributed by atoms with van der Waals surface area (Å²) in [5.74, 6) is 0. The van der Waals surface area contributed by atoms with Gasteiger partial charge in [-0.15, -0.1) is 0 Å². The Hall–Kier alpha value is -1.06. The van der Waals surface area contributed by atoms with Crippen molar-refractivity contribution in [3.05, 3.63) is 34.9 Å². The van der Waals surface area contributed by atoms with Crippen LogP contribution in [0.25, 0.3) is 0 Å². The molecule has 4 heteroatoms. The first-order valence-corrected chi connectivity index (χ1v) is 4.13. The first kappa shape index (κ1) is 11.0. The topological polar surface area (TPSA) is 0 Å². The fourth-order valence-electron chi connectivity index (χ4n) is 1.36. The van der Waals surface area contributed by atoms with Crippen molar-refractivity contribution in [3.8, 4) is 0 Å². The Bertz CT molecular complexity index is 314. The monoisotopic (exact) mass is 206 g/mol. The maximum atomic E-state index is 12.2. The molecule has 0 aliphatic carbocycles. The third kappa shape index (κ3) is 3.36. The second kappa shape index (κ2) is 3.98. The van der Waals surface area contributed by atoms with E-state index >= 15 is 0 Å². The maximum absolute atomic E-state index is 12.2. The number of alkyl halides is 4. The molecule has 0 aliphatic heterocycles. The minimum atomic E-state index is -4.23. The number of hydrogen-bond acceptors (Lipinski definition) is 0. The van der Waals surface area contributed by atoms with Gasteiger partial charge in [-0.1, -0.05) is 23.8 Å². The van der Waals surface area contributed by atoms with E-state index in [1.165, 1.54) is 12.1 Å². The highest BCUT2D eigenvalue weighted by atomic mass is 19.4. The fraction of sp³-hybridized carbons (Fsp3) is 0.400. The molecule has 0 aromatic heterocycles. The molecule has 0 aliphatic rings. The minimum absolute atomic E-state index is 0.116. The summed E-state index contributed by atoms with van der Waals surface area (Å²) in [6, 6.07) is 4.22. The molecule has 0 radical (unpaired) electrons. The van der Waals surface area contributed by atoms with Gasteiger partial charge in [0.1, 0.15) is 6.67 Å². The van der Waals surface area contributed by atoms with Gasteiger partial charge in [-0.05, 0) is 18.1 Å². The van der Waals surface area contributed by atoms with Crippen molar-refractivity contribution < 1.29 is 17.6 Å². The van der Waals surface area contributed by atoms with Crippen LogP contribution in [0.5, 0.6) is 0 Å². The average Bonchev–Trinajstić information content (AvgIpc) is 1.99. The van der Waals surface area contributed by atoms with Crippen LogP contribution in [0.4, 0.5) is 17.6 Å². The molecule has 0 unspecified atom stereocenters. The first-order chi connectivity index (χ1) is 6.40. The quantitative estimate of drug-likeness (QED) is 0.649. The lowest BCUT2D eigenvalue weighted by Gasteiger charge is -2.08. The molecule has 1 aromatic rings. The van der Waals surface area contributed by atoms with Crippen molar-refractivity contribution in [1.29, 1.82) is 0 Å². The predicted octanol–water partition coefficient (Wildman–Crippen LogP) is 3.57. The van der Waals surface area contributed by atoms with Crippen LogP contribution in [0.2, 0.25) is 0 Å². The van der Waals surface area contributed by atoms with Gasteiger partial charge in [-0.3, -0.25) is 0 Å². The highest BCUT2D eigenvalue weighted by Crippen LogP contribution is 2.22. The average molecular weight is 206 g/mol. The zero-order chi connectivity index (χ0) is 10.8. The van der Waals surface area contributed by atoms with Crippen molar-refractivity contribution in [2.75, 3.05) is 0 Å². The fourth-order valence-corrected chi connectivity index (χ4v) is 1.36. The second-order valence-electron chi connectivity index (χ2n) is 3.25. The zero-order valence-corrected chi connectivity index (χ0v) is 7.66. The molecule has 0 saturated heterocycles. The van der Waals surface area contributed by atoms with E-state index in [4.69, 9.17) is 0 Å². The van der Waals surface area contributed by atoms with Crippen molar-refractivity contribution in [2.45, 2.75) is 26.2 Å². The van der Waals surface area contributed by atoms with E-state index in [1.807, 2.05) is 0 Å². The Morgan fingerprint density at radius 2 is 1.64 bits per heavy atom. The van der Waals surface area contributed by atoms with Crippen LogP contribution in [-0.2, 0) is 13.1 Å². The first-order valence-electron chi connectivity index (χ1n) is 4.13. The van der Waals surface area contributed by atoms with Gasteiger partial charge in [0.15, 0.2) is 0 Å². The summed E-state index contributed by atoms with van der Waals surface area (Å²) < 4.78 is 48.3. The lowest BCUT2D eigenvalue weighted by atomic mass is 10.0. The molecule has 0 bridgehead atoms. The summed E-state index contributed by atoms with van der Waals surface area (Å²) in [5, 5.41) is 0. The van der Waals surface area contributed by atoms with E-state index < -0.39 is 19.3 Å². The molecule has 1 rings (SSSR count). The third-order valence-electron chi connectivity index (χ3n) is 1.76. The Labute approximate surface area is 79.6 Å². The molecule has 14 heavy (non-hydrogen) atoms. The van der Waals surface area contributed by atoms with E-state index in [-0.39, 0.29) is 5.56 Å². The lowest BCUT2D eigenvalue weighted by molar-refractivity contribution is -0.127. The van der Waals surface area contributed by atoms with Crippen LogP contribution in [0.15, 0.2) is 18.2 Å². The SMILES string of the molecule is Cc1cc(CF)cc(CC(F)(F)F)c1. The molecule has 0 N–H and O–H groups in total. The number of hydrogen-bond donors (Lipinski definition) is 0. The standard InChI is InChI=1S/C10H10F4/c1-7-2-8(5-10(12,13)14)4-9(3-7)6-11/h2-4H,5-6H2,1H3. The zero-order valence-electron chi connectivity index (χ0n) is 7.66. The van der Waals surface area contributed by atoms with Crippen LogP contribution in [0.3, 0.4) is 0 Å². The third-order valence-corrected chi connectivity index (χ3v) is 1.76. The van der Waals surface area contributed by atoms with Gasteiger partial charge >= 0.3 is 6.18 Å². The van der Waals surface area contributed by atoms with Crippen molar-refractivity contribution in [3.63, 3.8) is 0 Å². The largest absolute Gasteiger partial charge is 0.393 e. The van der Waals surface area contributed by atoms with E-state index in [2.05, 4.69) is 0 Å². The second-order valence-corrected chi connectivity index (χ2v) is 3.25. The van der Waals surface area contributed by atoms with Crippen LogP contribution >= 0.6 is 0 Å². The van der Waals surface area contributed by atoms with Gasteiger partial charge in [0.2, 0.25) is 0 Å². The Morgan fingerprint density at radius 3 is 2.14 bits per heavy atom. The maximum Gasteiger partial charge on any atom is 0.393 e. The van der Waals surface area contributed by atoms with Crippen molar-refractivity contribution in [2.24, 2.45) is 0 Å². The molecule has 1 aromatic carbocycles. The number of benzene rings is 1. The smallest absolute Gasteiger partial charge is 0.246 e. The Kier molecular flexibility index (Phi) is 3.13. The lowest BCUT2D eigenvalue weighted by Crippen LogP contribution is -2.11. The van der Waals surface area contributed by atoms with E-state index in [9.17, 15) is 17.6 Å². The molecule has 0 amide bonds. The van der Waals surface area contributed by atoms with Gasteiger partial charge in [-0.2, -0.15) is 13.2 Å². The molecular weight excluding hydrogens is 196 g/mol. The van der Waals surface area contributed by atoms with Crippen molar-refractivity contribution >= 4 is 0 Å². The number of aryl methyl sites for hydroxylation is 1. The van der Waals surface area contributed by atoms with Crippen LogP contribution in [-0.4, -0.2) is 6.18 Å². The normalized spacial score (nSPS) is 11.8. The summed E-state index contributed by atoms with van der Waals surface area (Å²) in [4.78, 5) is 0. The molecule has 0 atom stereocenters. The summed E-state index contributed by atoms with van der Waals surface area (Å²) in [7, 11) is 0.